The van der Waals surface area contributed by atoms with Gasteiger partial charge in [-0.15, -0.1) is 10.2 Å². The fraction of sp³-hybridized carbons (Fsp3) is 0.444. The summed E-state index contributed by atoms with van der Waals surface area (Å²) in [5.74, 6) is 1.08. The zero-order chi connectivity index (χ0) is 16.8. The number of para-hydroxylation sites is 1. The van der Waals surface area contributed by atoms with Crippen molar-refractivity contribution >= 4 is 11.5 Å². The first-order valence-corrected chi connectivity index (χ1v) is 8.91. The van der Waals surface area contributed by atoms with E-state index in [1.54, 1.807) is 6.07 Å². The van der Waals surface area contributed by atoms with E-state index in [-0.39, 0.29) is 5.75 Å². The van der Waals surface area contributed by atoms with Crippen LogP contribution < -0.4 is 15.5 Å². The molecule has 25 heavy (non-hydrogen) atoms. The van der Waals surface area contributed by atoms with Crippen LogP contribution in [0.15, 0.2) is 30.3 Å². The second-order valence-corrected chi connectivity index (χ2v) is 7.02. The molecule has 0 spiro atoms. The first-order chi connectivity index (χ1) is 12.3. The molecule has 1 aromatic heterocycles. The first kappa shape index (κ1) is 14.9. The Bertz CT molecular complexity index is 793. The van der Waals surface area contributed by atoms with E-state index in [1.165, 1.54) is 0 Å². The van der Waals surface area contributed by atoms with Gasteiger partial charge in [0.05, 0.1) is 17.4 Å². The molecule has 1 aromatic carbocycles. The number of piperazine rings is 1. The van der Waals surface area contributed by atoms with E-state index in [4.69, 9.17) is 0 Å². The summed E-state index contributed by atoms with van der Waals surface area (Å²) in [5, 5.41) is 25.6. The van der Waals surface area contributed by atoms with Gasteiger partial charge in [0.25, 0.3) is 0 Å². The molecule has 0 radical (unpaired) electrons. The summed E-state index contributed by atoms with van der Waals surface area (Å²) < 4.78 is 0. The molecule has 2 fully saturated rings. The third-order valence-electron chi connectivity index (χ3n) is 5.56. The Hall–Kier alpha value is -2.38. The van der Waals surface area contributed by atoms with Crippen LogP contribution in [0.1, 0.15) is 0 Å². The van der Waals surface area contributed by atoms with Crippen LogP contribution in [0.4, 0.5) is 11.5 Å². The van der Waals surface area contributed by atoms with Gasteiger partial charge < -0.3 is 20.6 Å². The van der Waals surface area contributed by atoms with Crippen LogP contribution in [-0.2, 0) is 0 Å². The second-order valence-electron chi connectivity index (χ2n) is 7.02. The molecular weight excluding hydrogens is 316 g/mol. The van der Waals surface area contributed by atoms with E-state index in [9.17, 15) is 5.11 Å². The van der Waals surface area contributed by atoms with Crippen LogP contribution >= 0.6 is 0 Å². The van der Waals surface area contributed by atoms with E-state index >= 15 is 0 Å². The summed E-state index contributed by atoms with van der Waals surface area (Å²) in [6.45, 7) is 6.28. The summed E-state index contributed by atoms with van der Waals surface area (Å²) in [6.07, 6.45) is 0. The maximum atomic E-state index is 10.1. The number of phenolic OH excluding ortho intramolecular Hbond substituents is 1. The summed E-state index contributed by atoms with van der Waals surface area (Å²) >= 11 is 0. The standard InChI is InChI=1S/C18H22N6O/c25-17-4-2-1-3-14(17)15-7-16-18(22-21-15)20-10-13-11-23(5-6-24(13)16)12-8-19-9-12/h1-4,7,12-13,19,25H,5-6,8-11H2,(H,20,22)/t13-/m0/s1. The fourth-order valence-corrected chi connectivity index (χ4v) is 4.00. The quantitative estimate of drug-likeness (QED) is 0.745. The van der Waals surface area contributed by atoms with Gasteiger partial charge in [-0.05, 0) is 18.2 Å². The molecular formula is C18H22N6O. The van der Waals surface area contributed by atoms with Crippen LogP contribution in [0.3, 0.4) is 0 Å². The largest absolute Gasteiger partial charge is 0.507 e. The van der Waals surface area contributed by atoms with Gasteiger partial charge in [-0.25, -0.2) is 0 Å². The number of hydrogen-bond acceptors (Lipinski definition) is 7. The molecule has 4 heterocycles. The van der Waals surface area contributed by atoms with E-state index in [2.05, 4.69) is 36.7 Å². The van der Waals surface area contributed by atoms with Crippen molar-refractivity contribution in [3.63, 3.8) is 0 Å². The number of aromatic nitrogens is 2. The smallest absolute Gasteiger partial charge is 0.172 e. The molecule has 7 nitrogen and oxygen atoms in total. The summed E-state index contributed by atoms with van der Waals surface area (Å²) in [4.78, 5) is 5.05. The highest BCUT2D eigenvalue weighted by Crippen LogP contribution is 2.36. The lowest BCUT2D eigenvalue weighted by atomic mass is 10.0. The van der Waals surface area contributed by atoms with Crippen LogP contribution in [0.25, 0.3) is 11.3 Å². The van der Waals surface area contributed by atoms with Crippen LogP contribution in [0, 0.1) is 0 Å². The molecule has 7 heteroatoms. The molecule has 0 amide bonds. The van der Waals surface area contributed by atoms with Gasteiger partial charge in [0.1, 0.15) is 5.75 Å². The average Bonchev–Trinajstić information content (AvgIpc) is 2.60. The lowest BCUT2D eigenvalue weighted by Gasteiger charge is -2.49. The molecule has 3 aliphatic heterocycles. The Morgan fingerprint density at radius 2 is 1.92 bits per heavy atom. The van der Waals surface area contributed by atoms with E-state index < -0.39 is 0 Å². The molecule has 2 aromatic rings. The Kier molecular flexibility index (Phi) is 3.50. The number of nitrogens with one attached hydrogen (secondary N) is 2. The lowest BCUT2D eigenvalue weighted by molar-refractivity contribution is 0.121. The van der Waals surface area contributed by atoms with Gasteiger partial charge in [-0.1, -0.05) is 12.1 Å². The van der Waals surface area contributed by atoms with Crippen molar-refractivity contribution in [2.24, 2.45) is 0 Å². The number of fused-ring (bicyclic) bond motifs is 3. The SMILES string of the molecule is Oc1ccccc1-c1cc2c(nn1)NC[C@H]1CN(C3CNC3)CCN21. The van der Waals surface area contributed by atoms with E-state index in [0.29, 0.717) is 17.8 Å². The molecule has 3 aliphatic rings. The van der Waals surface area contributed by atoms with Gasteiger partial charge in [0.15, 0.2) is 5.82 Å². The van der Waals surface area contributed by atoms with Crippen molar-refractivity contribution in [2.75, 3.05) is 49.5 Å². The molecule has 0 saturated carbocycles. The number of phenols is 1. The molecule has 0 aliphatic carbocycles. The van der Waals surface area contributed by atoms with Gasteiger partial charge in [0.2, 0.25) is 0 Å². The number of rotatable bonds is 2. The highest BCUT2D eigenvalue weighted by atomic mass is 16.3. The Morgan fingerprint density at radius 3 is 2.72 bits per heavy atom. The minimum Gasteiger partial charge on any atom is -0.507 e. The summed E-state index contributed by atoms with van der Waals surface area (Å²) in [6, 6.07) is 10.5. The number of hydrogen-bond donors (Lipinski definition) is 3. The van der Waals surface area contributed by atoms with Gasteiger partial charge in [0, 0.05) is 50.9 Å². The maximum Gasteiger partial charge on any atom is 0.172 e. The zero-order valence-corrected chi connectivity index (χ0v) is 14.0. The van der Waals surface area contributed by atoms with Crippen molar-refractivity contribution in [1.29, 1.82) is 0 Å². The molecule has 0 unspecified atom stereocenters. The summed E-state index contributed by atoms with van der Waals surface area (Å²) in [7, 11) is 0. The van der Waals surface area contributed by atoms with Crippen LogP contribution in [0.2, 0.25) is 0 Å². The Balaban J connectivity index is 1.45. The fourth-order valence-electron chi connectivity index (χ4n) is 4.00. The normalized spacial score (nSPS) is 23.4. The van der Waals surface area contributed by atoms with E-state index in [1.807, 2.05) is 18.2 Å². The number of benzene rings is 1. The van der Waals surface area contributed by atoms with Gasteiger partial charge in [-0.3, -0.25) is 4.90 Å². The Labute approximate surface area is 146 Å². The third kappa shape index (κ3) is 2.51. The van der Waals surface area contributed by atoms with Crippen molar-refractivity contribution < 1.29 is 5.11 Å². The minimum absolute atomic E-state index is 0.236. The van der Waals surface area contributed by atoms with Crippen molar-refractivity contribution in [1.82, 2.24) is 20.4 Å². The van der Waals surface area contributed by atoms with E-state index in [0.717, 1.165) is 56.3 Å². The number of aromatic hydroxyl groups is 1. The minimum atomic E-state index is 0.236. The van der Waals surface area contributed by atoms with Gasteiger partial charge in [-0.2, -0.15) is 0 Å². The van der Waals surface area contributed by atoms with Crippen LogP contribution in [0.5, 0.6) is 5.75 Å². The van der Waals surface area contributed by atoms with Crippen molar-refractivity contribution in [3.8, 4) is 17.0 Å². The lowest BCUT2D eigenvalue weighted by Crippen LogP contribution is -2.65. The maximum absolute atomic E-state index is 10.1. The number of anilines is 2. The highest BCUT2D eigenvalue weighted by molar-refractivity contribution is 5.76. The molecule has 1 atom stereocenters. The highest BCUT2D eigenvalue weighted by Gasteiger charge is 2.36. The van der Waals surface area contributed by atoms with Crippen molar-refractivity contribution in [3.05, 3.63) is 30.3 Å². The molecule has 130 valence electrons. The second kappa shape index (κ2) is 5.86. The summed E-state index contributed by atoms with van der Waals surface area (Å²) in [5.41, 5.74) is 2.53. The van der Waals surface area contributed by atoms with Gasteiger partial charge >= 0.3 is 0 Å². The third-order valence-corrected chi connectivity index (χ3v) is 5.56. The monoisotopic (exact) mass is 338 g/mol. The van der Waals surface area contributed by atoms with Crippen LogP contribution in [-0.4, -0.2) is 71.6 Å². The first-order valence-electron chi connectivity index (χ1n) is 8.91. The van der Waals surface area contributed by atoms with Crippen molar-refractivity contribution in [2.45, 2.75) is 12.1 Å². The molecule has 2 saturated heterocycles. The Morgan fingerprint density at radius 1 is 1.04 bits per heavy atom. The number of nitrogens with zero attached hydrogens (tertiary/aromatic N) is 4. The predicted octanol–water partition coefficient (Wildman–Crippen LogP) is 0.737. The zero-order valence-electron chi connectivity index (χ0n) is 14.0. The molecule has 5 rings (SSSR count). The molecule has 0 bridgehead atoms. The topological polar surface area (TPSA) is 76.5 Å². The average molecular weight is 338 g/mol. The molecule has 3 N–H and O–H groups in total. The predicted molar refractivity (Wildman–Crippen MR) is 97.0 cm³/mol.